The summed E-state index contributed by atoms with van der Waals surface area (Å²) in [6.45, 7) is 17.7. The number of fused-ring (bicyclic) bond motifs is 1. The fraction of sp³-hybridized carbons (Fsp3) is 0.421. The molecule has 1 atom stereocenters. The van der Waals surface area contributed by atoms with E-state index < -0.39 is 0 Å². The fourth-order valence-electron chi connectivity index (χ4n) is 2.58. The molecule has 0 radical (unpaired) electrons. The van der Waals surface area contributed by atoms with Crippen LogP contribution in [-0.4, -0.2) is 4.98 Å². The Morgan fingerprint density at radius 2 is 1.75 bits per heavy atom. The predicted molar refractivity (Wildman–Crippen MR) is 88.9 cm³/mol. The number of hydrogen-bond acceptors (Lipinski definition) is 1. The van der Waals surface area contributed by atoms with Gasteiger partial charge in [0.25, 0.3) is 0 Å². The molecule has 1 unspecified atom stereocenters. The van der Waals surface area contributed by atoms with Crippen LogP contribution in [0.2, 0.25) is 0 Å². The maximum atomic E-state index is 4.70. The Balaban J connectivity index is 2.70. The van der Waals surface area contributed by atoms with Crippen LogP contribution in [0.5, 0.6) is 0 Å². The molecule has 0 amide bonds. The minimum atomic E-state index is 0.210. The Labute approximate surface area is 122 Å². The molecule has 0 fully saturated rings. The van der Waals surface area contributed by atoms with Gasteiger partial charge in [0.2, 0.25) is 0 Å². The highest BCUT2D eigenvalue weighted by Gasteiger charge is 2.25. The number of nitrogens with zero attached hydrogens (tertiary/aromatic N) is 1. The molecular weight excluding hydrogens is 242 g/mol. The van der Waals surface area contributed by atoms with Crippen LogP contribution in [0, 0.1) is 25.2 Å². The van der Waals surface area contributed by atoms with Crippen molar-refractivity contribution in [2.24, 2.45) is 11.3 Å². The van der Waals surface area contributed by atoms with Crippen LogP contribution in [-0.2, 0) is 0 Å². The first-order valence-corrected chi connectivity index (χ1v) is 7.28. The fourth-order valence-corrected chi connectivity index (χ4v) is 2.58. The number of para-hydroxylation sites is 1. The van der Waals surface area contributed by atoms with E-state index in [2.05, 4.69) is 66.3 Å². The standard InChI is InChI=1S/C19H25N/c1-12(14(3)19(5,6)7)18-13(2)15(4)20-17-11-9-8-10-16(17)18/h8-11,14H,1H2,2-7H3. The lowest BCUT2D eigenvalue weighted by atomic mass is 9.74. The average Bonchev–Trinajstić information content (AvgIpc) is 2.37. The second kappa shape index (κ2) is 5.05. The summed E-state index contributed by atoms with van der Waals surface area (Å²) in [4.78, 5) is 4.70. The summed E-state index contributed by atoms with van der Waals surface area (Å²) in [5.74, 6) is 0.423. The van der Waals surface area contributed by atoms with E-state index in [1.54, 1.807) is 0 Å². The first kappa shape index (κ1) is 14.8. The zero-order valence-electron chi connectivity index (χ0n) is 13.5. The molecule has 2 aromatic rings. The SMILES string of the molecule is C=C(c1c(C)c(C)nc2ccccc12)C(C)C(C)(C)C. The number of benzene rings is 1. The minimum Gasteiger partial charge on any atom is -0.253 e. The van der Waals surface area contributed by atoms with Gasteiger partial charge in [-0.15, -0.1) is 0 Å². The molecule has 0 N–H and O–H groups in total. The van der Waals surface area contributed by atoms with Gasteiger partial charge in [-0.1, -0.05) is 52.5 Å². The van der Waals surface area contributed by atoms with Crippen molar-refractivity contribution in [3.05, 3.63) is 47.7 Å². The van der Waals surface area contributed by atoms with E-state index in [-0.39, 0.29) is 5.41 Å². The lowest BCUT2D eigenvalue weighted by molar-refractivity contribution is 0.324. The first-order chi connectivity index (χ1) is 9.23. The summed E-state index contributed by atoms with van der Waals surface area (Å²) < 4.78 is 0. The highest BCUT2D eigenvalue weighted by atomic mass is 14.7. The Kier molecular flexibility index (Phi) is 3.73. The third-order valence-corrected chi connectivity index (χ3v) is 4.52. The van der Waals surface area contributed by atoms with Gasteiger partial charge in [-0.2, -0.15) is 0 Å². The highest BCUT2D eigenvalue weighted by molar-refractivity contribution is 5.93. The lowest BCUT2D eigenvalue weighted by Gasteiger charge is -2.30. The molecule has 0 bridgehead atoms. The van der Waals surface area contributed by atoms with Crippen molar-refractivity contribution in [3.63, 3.8) is 0 Å². The van der Waals surface area contributed by atoms with Crippen LogP contribution < -0.4 is 0 Å². The maximum absolute atomic E-state index is 4.70. The zero-order valence-corrected chi connectivity index (χ0v) is 13.5. The molecular formula is C19H25N. The largest absolute Gasteiger partial charge is 0.253 e. The molecule has 2 rings (SSSR count). The van der Waals surface area contributed by atoms with Gasteiger partial charge in [-0.25, -0.2) is 0 Å². The predicted octanol–water partition coefficient (Wildman–Crippen LogP) is 5.55. The average molecular weight is 267 g/mol. The van der Waals surface area contributed by atoms with Gasteiger partial charge in [-0.3, -0.25) is 4.98 Å². The van der Waals surface area contributed by atoms with E-state index in [0.717, 1.165) is 11.2 Å². The van der Waals surface area contributed by atoms with Crippen LogP contribution in [0.1, 0.15) is 44.5 Å². The summed E-state index contributed by atoms with van der Waals surface area (Å²) in [6, 6.07) is 8.37. The molecule has 1 heterocycles. The summed E-state index contributed by atoms with van der Waals surface area (Å²) >= 11 is 0. The third kappa shape index (κ3) is 2.49. The van der Waals surface area contributed by atoms with Gasteiger partial charge in [0.15, 0.2) is 0 Å². The van der Waals surface area contributed by atoms with E-state index in [9.17, 15) is 0 Å². The number of aryl methyl sites for hydroxylation is 1. The zero-order chi connectivity index (χ0) is 15.1. The van der Waals surface area contributed by atoms with Crippen molar-refractivity contribution < 1.29 is 0 Å². The second-order valence-corrected chi connectivity index (χ2v) is 6.83. The lowest BCUT2D eigenvalue weighted by Crippen LogP contribution is -2.19. The summed E-state index contributed by atoms with van der Waals surface area (Å²) in [5.41, 5.74) is 6.13. The van der Waals surface area contributed by atoms with Gasteiger partial charge in [0, 0.05) is 11.1 Å². The molecule has 0 saturated heterocycles. The van der Waals surface area contributed by atoms with E-state index in [1.165, 1.54) is 22.1 Å². The Hall–Kier alpha value is -1.63. The first-order valence-electron chi connectivity index (χ1n) is 7.28. The van der Waals surface area contributed by atoms with E-state index in [0.29, 0.717) is 5.92 Å². The molecule has 0 aliphatic heterocycles. The number of rotatable bonds is 2. The smallest absolute Gasteiger partial charge is 0.0711 e. The third-order valence-electron chi connectivity index (χ3n) is 4.52. The number of aromatic nitrogens is 1. The summed E-state index contributed by atoms with van der Waals surface area (Å²) in [5, 5.41) is 1.22. The maximum Gasteiger partial charge on any atom is 0.0711 e. The number of hydrogen-bond donors (Lipinski definition) is 0. The Morgan fingerprint density at radius 3 is 2.35 bits per heavy atom. The highest BCUT2D eigenvalue weighted by Crippen LogP contribution is 2.39. The van der Waals surface area contributed by atoms with Crippen LogP contribution >= 0.6 is 0 Å². The minimum absolute atomic E-state index is 0.210. The van der Waals surface area contributed by atoms with Crippen LogP contribution in [0.15, 0.2) is 30.8 Å². The van der Waals surface area contributed by atoms with E-state index in [4.69, 9.17) is 4.98 Å². The van der Waals surface area contributed by atoms with Gasteiger partial charge >= 0.3 is 0 Å². The Morgan fingerprint density at radius 1 is 1.15 bits per heavy atom. The van der Waals surface area contributed by atoms with E-state index >= 15 is 0 Å². The van der Waals surface area contributed by atoms with Crippen molar-refractivity contribution in [3.8, 4) is 0 Å². The van der Waals surface area contributed by atoms with Crippen LogP contribution in [0.25, 0.3) is 16.5 Å². The summed E-state index contributed by atoms with van der Waals surface area (Å²) in [6.07, 6.45) is 0. The molecule has 1 nitrogen and oxygen atoms in total. The molecule has 20 heavy (non-hydrogen) atoms. The van der Waals surface area contributed by atoms with Crippen molar-refractivity contribution in [1.29, 1.82) is 0 Å². The quantitative estimate of drug-likeness (QED) is 0.695. The molecule has 0 spiro atoms. The van der Waals surface area contributed by atoms with E-state index in [1.807, 2.05) is 6.07 Å². The number of allylic oxidation sites excluding steroid dienone is 1. The van der Waals surface area contributed by atoms with Gasteiger partial charge in [0.1, 0.15) is 0 Å². The molecule has 1 aromatic carbocycles. The molecule has 0 aliphatic carbocycles. The van der Waals surface area contributed by atoms with Crippen LogP contribution in [0.3, 0.4) is 0 Å². The Bertz CT molecular complexity index is 659. The van der Waals surface area contributed by atoms with Crippen LogP contribution in [0.4, 0.5) is 0 Å². The van der Waals surface area contributed by atoms with Gasteiger partial charge in [0.05, 0.1) is 5.52 Å². The van der Waals surface area contributed by atoms with Crippen molar-refractivity contribution in [1.82, 2.24) is 4.98 Å². The number of pyridine rings is 1. The van der Waals surface area contributed by atoms with Gasteiger partial charge < -0.3 is 0 Å². The second-order valence-electron chi connectivity index (χ2n) is 6.83. The molecule has 0 aliphatic rings. The molecule has 1 heteroatoms. The monoisotopic (exact) mass is 267 g/mol. The van der Waals surface area contributed by atoms with Crippen molar-refractivity contribution in [2.45, 2.75) is 41.5 Å². The van der Waals surface area contributed by atoms with Crippen molar-refractivity contribution >= 4 is 16.5 Å². The molecule has 106 valence electrons. The van der Waals surface area contributed by atoms with Crippen molar-refractivity contribution in [2.75, 3.05) is 0 Å². The topological polar surface area (TPSA) is 12.9 Å². The molecule has 0 saturated carbocycles. The normalized spacial score (nSPS) is 13.5. The molecule has 1 aromatic heterocycles. The summed E-state index contributed by atoms with van der Waals surface area (Å²) in [7, 11) is 0. The van der Waals surface area contributed by atoms with Gasteiger partial charge in [-0.05, 0) is 47.9 Å².